The molecule has 0 bridgehead atoms. The molecule has 2 saturated heterocycles. The molecular formula is C21H31NO8. The Kier molecular flexibility index (Phi) is 6.57. The van der Waals surface area contributed by atoms with Gasteiger partial charge in [0.2, 0.25) is 0 Å². The first-order chi connectivity index (χ1) is 14.1. The average molecular weight is 425 g/mol. The molecule has 9 nitrogen and oxygen atoms in total. The van der Waals surface area contributed by atoms with Crippen molar-refractivity contribution in [2.24, 2.45) is 5.92 Å². The molecule has 3 heterocycles. The minimum atomic E-state index is -0.823. The quantitative estimate of drug-likeness (QED) is 0.638. The third-order valence-electron chi connectivity index (χ3n) is 5.42. The van der Waals surface area contributed by atoms with E-state index in [1.807, 2.05) is 0 Å². The fourth-order valence-corrected chi connectivity index (χ4v) is 4.37. The van der Waals surface area contributed by atoms with Crippen molar-refractivity contribution in [3.8, 4) is 0 Å². The largest absolute Gasteiger partial charge is 0.463 e. The molecule has 9 heteroatoms. The second-order valence-corrected chi connectivity index (χ2v) is 7.89. The molecule has 2 fully saturated rings. The lowest BCUT2D eigenvalue weighted by molar-refractivity contribution is -0.220. The van der Waals surface area contributed by atoms with Gasteiger partial charge in [0.05, 0.1) is 30.3 Å². The number of ether oxygens (including phenoxy) is 6. The number of esters is 2. The molecule has 0 aromatic carbocycles. The number of methoxy groups -OCH3 is 1. The van der Waals surface area contributed by atoms with Gasteiger partial charge in [0.1, 0.15) is 18.3 Å². The van der Waals surface area contributed by atoms with Crippen LogP contribution in [0.25, 0.3) is 0 Å². The smallest absolute Gasteiger partial charge is 0.336 e. The highest BCUT2D eigenvalue weighted by molar-refractivity contribution is 5.98. The number of hydrogen-bond donors (Lipinski definition) is 1. The van der Waals surface area contributed by atoms with Crippen molar-refractivity contribution < 1.29 is 38.0 Å². The third kappa shape index (κ3) is 3.99. The highest BCUT2D eigenvalue weighted by atomic mass is 16.8. The molecule has 0 radical (unpaired) electrons. The standard InChI is InChI=1S/C21H31NO8/c1-8-26-18(23)12-10(3)22-11(4)13(19(24)27-9-2)14(12)15-16(25-7)17-20(28-15)30-21(5,6)29-17/h14-17,20,22H,8-9H2,1-7H3/t15-,16+,17-,20-/m0/s1. The van der Waals surface area contributed by atoms with Gasteiger partial charge in [-0.2, -0.15) is 0 Å². The van der Waals surface area contributed by atoms with Crippen LogP contribution in [-0.4, -0.2) is 62.7 Å². The van der Waals surface area contributed by atoms with E-state index in [1.54, 1.807) is 48.7 Å². The zero-order chi connectivity index (χ0) is 22.2. The zero-order valence-corrected chi connectivity index (χ0v) is 18.6. The van der Waals surface area contributed by atoms with Crippen LogP contribution in [-0.2, 0) is 38.0 Å². The van der Waals surface area contributed by atoms with Gasteiger partial charge in [-0.25, -0.2) is 9.59 Å². The van der Waals surface area contributed by atoms with Crippen LogP contribution in [0.15, 0.2) is 22.5 Å². The summed E-state index contributed by atoms with van der Waals surface area (Å²) < 4.78 is 34.4. The number of carbonyl (C=O) groups is 2. The molecule has 0 unspecified atom stereocenters. The number of dihydropyridines is 1. The number of hydrogen-bond acceptors (Lipinski definition) is 9. The van der Waals surface area contributed by atoms with Crippen LogP contribution in [0.5, 0.6) is 0 Å². The van der Waals surface area contributed by atoms with Crippen LogP contribution in [0, 0.1) is 5.92 Å². The van der Waals surface area contributed by atoms with Crippen molar-refractivity contribution in [3.63, 3.8) is 0 Å². The van der Waals surface area contributed by atoms with Gasteiger partial charge < -0.3 is 33.7 Å². The average Bonchev–Trinajstić information content (AvgIpc) is 3.12. The second-order valence-electron chi connectivity index (χ2n) is 7.89. The zero-order valence-electron chi connectivity index (χ0n) is 18.6. The van der Waals surface area contributed by atoms with Gasteiger partial charge in [-0.15, -0.1) is 0 Å². The Morgan fingerprint density at radius 3 is 1.97 bits per heavy atom. The van der Waals surface area contributed by atoms with E-state index in [2.05, 4.69) is 5.32 Å². The molecular weight excluding hydrogens is 394 g/mol. The number of rotatable bonds is 6. The molecule has 168 valence electrons. The highest BCUT2D eigenvalue weighted by Crippen LogP contribution is 2.45. The number of nitrogens with one attached hydrogen (secondary N) is 1. The van der Waals surface area contributed by atoms with Gasteiger partial charge in [-0.05, 0) is 41.5 Å². The summed E-state index contributed by atoms with van der Waals surface area (Å²) in [5.74, 6) is -2.65. The van der Waals surface area contributed by atoms with Gasteiger partial charge in [0.15, 0.2) is 12.1 Å². The lowest BCUT2D eigenvalue weighted by Gasteiger charge is -2.36. The fourth-order valence-electron chi connectivity index (χ4n) is 4.37. The first-order valence-corrected chi connectivity index (χ1v) is 10.2. The van der Waals surface area contributed by atoms with E-state index in [1.165, 1.54) is 0 Å². The molecule has 0 aliphatic carbocycles. The molecule has 0 spiro atoms. The summed E-state index contributed by atoms with van der Waals surface area (Å²) in [4.78, 5) is 25.8. The van der Waals surface area contributed by atoms with Crippen LogP contribution in [0.3, 0.4) is 0 Å². The van der Waals surface area contributed by atoms with Gasteiger partial charge >= 0.3 is 11.9 Å². The Labute approximate surface area is 176 Å². The predicted octanol–water partition coefficient (Wildman–Crippen LogP) is 1.77. The monoisotopic (exact) mass is 425 g/mol. The van der Waals surface area contributed by atoms with E-state index in [9.17, 15) is 9.59 Å². The SMILES string of the molecule is CCOC(=O)C1=C(C)NC(C)=C(C(=O)OCC)C1[C@@H]1O[C@H]2OC(C)(C)O[C@H]2[C@@H]1OC. The first-order valence-electron chi connectivity index (χ1n) is 10.2. The number of allylic oxidation sites excluding steroid dienone is 2. The van der Waals surface area contributed by atoms with Crippen molar-refractivity contribution >= 4 is 11.9 Å². The van der Waals surface area contributed by atoms with Crippen LogP contribution < -0.4 is 5.32 Å². The maximum absolute atomic E-state index is 12.9. The fraction of sp³-hybridized carbons (Fsp3) is 0.714. The Morgan fingerprint density at radius 2 is 1.50 bits per heavy atom. The molecule has 4 atom stereocenters. The summed E-state index contributed by atoms with van der Waals surface area (Å²) in [6.45, 7) is 11.0. The van der Waals surface area contributed by atoms with Crippen LogP contribution >= 0.6 is 0 Å². The van der Waals surface area contributed by atoms with E-state index < -0.39 is 48.2 Å². The van der Waals surface area contributed by atoms with E-state index in [-0.39, 0.29) is 13.2 Å². The molecule has 0 aromatic heterocycles. The Hall–Kier alpha value is -1.94. The number of fused-ring (bicyclic) bond motifs is 1. The molecule has 0 amide bonds. The van der Waals surface area contributed by atoms with Crippen molar-refractivity contribution in [3.05, 3.63) is 22.5 Å². The van der Waals surface area contributed by atoms with Crippen molar-refractivity contribution in [2.45, 2.75) is 71.9 Å². The summed E-state index contributed by atoms with van der Waals surface area (Å²) >= 11 is 0. The van der Waals surface area contributed by atoms with Crippen molar-refractivity contribution in [1.29, 1.82) is 0 Å². The summed E-state index contributed by atoms with van der Waals surface area (Å²) in [7, 11) is 1.54. The molecule has 1 N–H and O–H groups in total. The molecule has 3 aliphatic rings. The highest BCUT2D eigenvalue weighted by Gasteiger charge is 2.59. The summed E-state index contributed by atoms with van der Waals surface area (Å²) in [6.07, 6.45) is -2.48. The van der Waals surface area contributed by atoms with Gasteiger partial charge in [-0.3, -0.25) is 0 Å². The van der Waals surface area contributed by atoms with Gasteiger partial charge in [-0.1, -0.05) is 0 Å². The topological polar surface area (TPSA) is 102 Å². The molecule has 0 aromatic rings. The van der Waals surface area contributed by atoms with E-state index >= 15 is 0 Å². The normalized spacial score (nSPS) is 30.9. The van der Waals surface area contributed by atoms with Crippen molar-refractivity contribution in [2.75, 3.05) is 20.3 Å². The molecule has 3 aliphatic heterocycles. The van der Waals surface area contributed by atoms with Gasteiger partial charge in [0.25, 0.3) is 0 Å². The molecule has 3 rings (SSSR count). The third-order valence-corrected chi connectivity index (χ3v) is 5.42. The number of carbonyl (C=O) groups excluding carboxylic acids is 2. The summed E-state index contributed by atoms with van der Waals surface area (Å²) in [6, 6.07) is 0. The summed E-state index contributed by atoms with van der Waals surface area (Å²) in [5, 5.41) is 3.11. The Bertz CT molecular complexity index is 731. The predicted molar refractivity (Wildman–Crippen MR) is 105 cm³/mol. The minimum Gasteiger partial charge on any atom is -0.463 e. The minimum absolute atomic E-state index is 0.199. The molecule has 30 heavy (non-hydrogen) atoms. The second kappa shape index (κ2) is 8.66. The van der Waals surface area contributed by atoms with Crippen molar-refractivity contribution in [1.82, 2.24) is 5.32 Å². The summed E-state index contributed by atoms with van der Waals surface area (Å²) in [5.41, 5.74) is 1.77. The van der Waals surface area contributed by atoms with Crippen LogP contribution in [0.1, 0.15) is 41.5 Å². The first kappa shape index (κ1) is 22.7. The van der Waals surface area contributed by atoms with Crippen LogP contribution in [0.4, 0.5) is 0 Å². The van der Waals surface area contributed by atoms with E-state index in [4.69, 9.17) is 28.4 Å². The molecule has 0 saturated carbocycles. The maximum atomic E-state index is 12.9. The Balaban J connectivity index is 2.06. The lowest BCUT2D eigenvalue weighted by atomic mass is 9.79. The van der Waals surface area contributed by atoms with Gasteiger partial charge in [0, 0.05) is 18.5 Å². The van der Waals surface area contributed by atoms with E-state index in [0.29, 0.717) is 22.5 Å². The Morgan fingerprint density at radius 1 is 0.967 bits per heavy atom. The lowest BCUT2D eigenvalue weighted by Crippen LogP contribution is -2.46. The van der Waals surface area contributed by atoms with Crippen LogP contribution in [0.2, 0.25) is 0 Å². The maximum Gasteiger partial charge on any atom is 0.336 e. The van der Waals surface area contributed by atoms with E-state index in [0.717, 1.165) is 0 Å².